The first-order chi connectivity index (χ1) is 14.9. The molecule has 2 aromatic carbocycles. The molecule has 0 bridgehead atoms. The fourth-order valence-electron chi connectivity index (χ4n) is 3.65. The number of aryl methyl sites for hydroxylation is 1. The minimum absolute atomic E-state index is 0.198. The quantitative estimate of drug-likeness (QED) is 0.507. The monoisotopic (exact) mass is 442 g/mol. The molecule has 1 aromatic heterocycles. The molecule has 1 atom stereocenters. The van der Waals surface area contributed by atoms with E-state index in [1.54, 1.807) is 26.2 Å². The van der Waals surface area contributed by atoms with Crippen molar-refractivity contribution in [2.24, 2.45) is 7.05 Å². The molecule has 0 aliphatic heterocycles. The Balaban J connectivity index is 1.72. The Bertz CT molecular complexity index is 1090. The predicted octanol–water partition coefficient (Wildman–Crippen LogP) is 4.83. The van der Waals surface area contributed by atoms with Gasteiger partial charge in [-0.15, -0.1) is 0 Å². The van der Waals surface area contributed by atoms with Crippen molar-refractivity contribution in [2.75, 3.05) is 13.7 Å². The molecule has 0 saturated heterocycles. The van der Waals surface area contributed by atoms with Gasteiger partial charge in [-0.1, -0.05) is 42.8 Å². The fraction of sp³-hybridized carbons (Fsp3) is 0.333. The lowest BCUT2D eigenvalue weighted by Crippen LogP contribution is -2.24. The number of fused-ring (bicyclic) bond motifs is 1. The highest BCUT2D eigenvalue weighted by Crippen LogP contribution is 2.34. The van der Waals surface area contributed by atoms with Crippen LogP contribution in [0.3, 0.4) is 0 Å². The van der Waals surface area contributed by atoms with Crippen LogP contribution in [0.25, 0.3) is 10.9 Å². The molecule has 3 aromatic rings. The summed E-state index contributed by atoms with van der Waals surface area (Å²) in [5, 5.41) is 4.20. The van der Waals surface area contributed by atoms with Gasteiger partial charge < -0.3 is 19.4 Å². The summed E-state index contributed by atoms with van der Waals surface area (Å²) in [6.45, 7) is 4.50. The molecule has 164 valence electrons. The first-order valence-corrected chi connectivity index (χ1v) is 10.6. The molecule has 0 radical (unpaired) electrons. The number of carbonyl (C=O) groups is 2. The van der Waals surface area contributed by atoms with E-state index in [1.165, 1.54) is 0 Å². The van der Waals surface area contributed by atoms with Crippen LogP contribution in [0.5, 0.6) is 5.75 Å². The second kappa shape index (κ2) is 9.88. The van der Waals surface area contributed by atoms with Crippen molar-refractivity contribution in [2.45, 2.75) is 32.7 Å². The molecule has 3 rings (SSSR count). The van der Waals surface area contributed by atoms with Gasteiger partial charge >= 0.3 is 5.97 Å². The van der Waals surface area contributed by atoms with Gasteiger partial charge in [0.15, 0.2) is 0 Å². The number of amides is 1. The zero-order chi connectivity index (χ0) is 22.5. The van der Waals surface area contributed by atoms with E-state index >= 15 is 0 Å². The highest BCUT2D eigenvalue weighted by molar-refractivity contribution is 6.37. The van der Waals surface area contributed by atoms with E-state index < -0.39 is 0 Å². The lowest BCUT2D eigenvalue weighted by atomic mass is 9.95. The molecule has 7 heteroatoms. The second-order valence-electron chi connectivity index (χ2n) is 7.24. The summed E-state index contributed by atoms with van der Waals surface area (Å²) in [7, 11) is 3.39. The maximum Gasteiger partial charge on any atom is 0.313 e. The second-order valence-corrected chi connectivity index (χ2v) is 7.62. The lowest BCUT2D eigenvalue weighted by Gasteiger charge is -2.14. The number of aromatic nitrogens is 1. The Morgan fingerprint density at radius 1 is 1.13 bits per heavy atom. The van der Waals surface area contributed by atoms with Crippen LogP contribution in [0.2, 0.25) is 5.02 Å². The zero-order valence-electron chi connectivity index (χ0n) is 18.2. The summed E-state index contributed by atoms with van der Waals surface area (Å²) >= 11 is 6.40. The van der Waals surface area contributed by atoms with Gasteiger partial charge in [0.1, 0.15) is 11.4 Å². The summed E-state index contributed by atoms with van der Waals surface area (Å²) < 4.78 is 12.2. The van der Waals surface area contributed by atoms with E-state index in [2.05, 4.69) is 5.32 Å². The molecule has 31 heavy (non-hydrogen) atoms. The molecule has 1 unspecified atom stereocenters. The highest BCUT2D eigenvalue weighted by atomic mass is 35.5. The Kier molecular flexibility index (Phi) is 7.23. The number of hydrogen-bond donors (Lipinski definition) is 1. The number of ether oxygens (including phenoxy) is 2. The normalized spacial score (nSPS) is 11.9. The minimum atomic E-state index is -0.277. The maximum atomic E-state index is 12.8. The van der Waals surface area contributed by atoms with Crippen LogP contribution >= 0.6 is 11.6 Å². The third kappa shape index (κ3) is 4.69. The van der Waals surface area contributed by atoms with E-state index in [0.717, 1.165) is 22.0 Å². The van der Waals surface area contributed by atoms with E-state index in [0.29, 0.717) is 36.0 Å². The Hall–Kier alpha value is -2.99. The average molecular weight is 443 g/mol. The van der Waals surface area contributed by atoms with Crippen molar-refractivity contribution < 1.29 is 19.1 Å². The van der Waals surface area contributed by atoms with Crippen molar-refractivity contribution in [3.63, 3.8) is 0 Å². The van der Waals surface area contributed by atoms with Gasteiger partial charge in [-0.25, -0.2) is 0 Å². The molecule has 0 saturated carbocycles. The maximum absolute atomic E-state index is 12.8. The van der Waals surface area contributed by atoms with Crippen LogP contribution in [0.15, 0.2) is 42.5 Å². The van der Waals surface area contributed by atoms with Crippen LogP contribution < -0.4 is 10.1 Å². The molecule has 0 fully saturated rings. The van der Waals surface area contributed by atoms with Crippen molar-refractivity contribution >= 4 is 34.4 Å². The SMILES string of the molecule is CCOC(=O)C(CC)c1ccc(CNC(=O)c2cc3c(Cl)c(OC)ccc3n2C)cc1. The average Bonchev–Trinajstić information content (AvgIpc) is 3.11. The van der Waals surface area contributed by atoms with Gasteiger partial charge in [0.2, 0.25) is 0 Å². The van der Waals surface area contributed by atoms with Gasteiger partial charge in [0.25, 0.3) is 5.91 Å². The molecule has 0 spiro atoms. The standard InChI is InChI=1S/C24H27ClN2O4/c1-5-17(24(29)31-6-2)16-9-7-15(8-10-16)14-26-23(28)20-13-18-19(27(20)3)11-12-21(30-4)22(18)25/h7-13,17H,5-6,14H2,1-4H3,(H,26,28). The number of nitrogens with zero attached hydrogens (tertiary/aromatic N) is 1. The van der Waals surface area contributed by atoms with Gasteiger partial charge in [-0.2, -0.15) is 0 Å². The largest absolute Gasteiger partial charge is 0.495 e. The first-order valence-electron chi connectivity index (χ1n) is 10.3. The molecular formula is C24H27ClN2O4. The minimum Gasteiger partial charge on any atom is -0.495 e. The number of methoxy groups -OCH3 is 1. The number of hydrogen-bond acceptors (Lipinski definition) is 4. The number of nitrogens with one attached hydrogen (secondary N) is 1. The third-order valence-corrected chi connectivity index (χ3v) is 5.78. The van der Waals surface area contributed by atoms with Crippen molar-refractivity contribution in [3.8, 4) is 5.75 Å². The van der Waals surface area contributed by atoms with E-state index in [4.69, 9.17) is 21.1 Å². The van der Waals surface area contributed by atoms with Crippen molar-refractivity contribution in [1.29, 1.82) is 0 Å². The number of esters is 1. The highest BCUT2D eigenvalue weighted by Gasteiger charge is 2.20. The summed E-state index contributed by atoms with van der Waals surface area (Å²) in [5.74, 6) is -0.117. The third-order valence-electron chi connectivity index (χ3n) is 5.39. The fourth-order valence-corrected chi connectivity index (χ4v) is 3.94. The predicted molar refractivity (Wildman–Crippen MR) is 122 cm³/mol. The molecule has 1 N–H and O–H groups in total. The number of rotatable bonds is 8. The van der Waals surface area contributed by atoms with E-state index in [-0.39, 0.29) is 17.8 Å². The van der Waals surface area contributed by atoms with Crippen LogP contribution in [0.4, 0.5) is 0 Å². The van der Waals surface area contributed by atoms with Gasteiger partial charge in [0, 0.05) is 19.0 Å². The van der Waals surface area contributed by atoms with Gasteiger partial charge in [-0.3, -0.25) is 9.59 Å². The Labute approximate surface area is 187 Å². The van der Waals surface area contributed by atoms with Gasteiger partial charge in [-0.05, 0) is 42.7 Å². The molecule has 0 aliphatic carbocycles. The summed E-state index contributed by atoms with van der Waals surface area (Å²) in [4.78, 5) is 24.9. The molecule has 1 heterocycles. The van der Waals surface area contributed by atoms with Crippen LogP contribution in [0, 0.1) is 0 Å². The van der Waals surface area contributed by atoms with E-state index in [1.807, 2.05) is 48.9 Å². The van der Waals surface area contributed by atoms with Gasteiger partial charge in [0.05, 0.1) is 30.2 Å². The van der Waals surface area contributed by atoms with Crippen molar-refractivity contribution in [1.82, 2.24) is 9.88 Å². The van der Waals surface area contributed by atoms with Crippen LogP contribution in [-0.4, -0.2) is 30.2 Å². The zero-order valence-corrected chi connectivity index (χ0v) is 19.0. The number of halogens is 1. The summed E-state index contributed by atoms with van der Waals surface area (Å²) in [5.41, 5.74) is 3.21. The van der Waals surface area contributed by atoms with E-state index in [9.17, 15) is 9.59 Å². The summed E-state index contributed by atoms with van der Waals surface area (Å²) in [6, 6.07) is 13.1. The molecule has 6 nitrogen and oxygen atoms in total. The number of carbonyl (C=O) groups excluding carboxylic acids is 2. The molecular weight excluding hydrogens is 416 g/mol. The Morgan fingerprint density at radius 3 is 2.45 bits per heavy atom. The topological polar surface area (TPSA) is 69.6 Å². The Morgan fingerprint density at radius 2 is 1.84 bits per heavy atom. The first kappa shape index (κ1) is 22.7. The van der Waals surface area contributed by atoms with Crippen LogP contribution in [0.1, 0.15) is 47.8 Å². The van der Waals surface area contributed by atoms with Crippen LogP contribution in [-0.2, 0) is 23.1 Å². The summed E-state index contributed by atoms with van der Waals surface area (Å²) in [6.07, 6.45) is 0.670. The lowest BCUT2D eigenvalue weighted by molar-refractivity contribution is -0.145. The number of benzene rings is 2. The molecule has 1 amide bonds. The van der Waals surface area contributed by atoms with Crippen molar-refractivity contribution in [3.05, 3.63) is 64.3 Å². The molecule has 0 aliphatic rings. The smallest absolute Gasteiger partial charge is 0.313 e.